The number of aliphatic hydroxyl groups excluding tert-OH is 1. The second-order valence-electron chi connectivity index (χ2n) is 5.63. The van der Waals surface area contributed by atoms with Crippen LogP contribution in [0.25, 0.3) is 0 Å². The molecule has 2 fully saturated rings. The van der Waals surface area contributed by atoms with E-state index in [1.54, 1.807) is 0 Å². The molecule has 0 heterocycles. The Kier molecular flexibility index (Phi) is 3.08. The maximum Gasteiger partial charge on any atom is 0.227 e. The maximum atomic E-state index is 12.2. The third kappa shape index (κ3) is 2.15. The second kappa shape index (κ2) is 4.73. The van der Waals surface area contributed by atoms with Gasteiger partial charge in [-0.05, 0) is 48.8 Å². The van der Waals surface area contributed by atoms with E-state index < -0.39 is 0 Å². The maximum absolute atomic E-state index is 12.2. The van der Waals surface area contributed by atoms with Gasteiger partial charge in [0.1, 0.15) is 0 Å². The Balaban J connectivity index is 1.67. The third-order valence-corrected chi connectivity index (χ3v) is 4.45. The predicted octanol–water partition coefficient (Wildman–Crippen LogP) is 2.55. The first kappa shape index (κ1) is 11.7. The fourth-order valence-electron chi connectivity index (χ4n) is 3.55. The Morgan fingerprint density at radius 3 is 2.89 bits per heavy atom. The first-order chi connectivity index (χ1) is 8.76. The number of aliphatic hydroxyl groups is 1. The van der Waals surface area contributed by atoms with E-state index in [2.05, 4.69) is 5.32 Å². The van der Waals surface area contributed by atoms with Gasteiger partial charge in [-0.15, -0.1) is 0 Å². The minimum absolute atomic E-state index is 0.0117. The van der Waals surface area contributed by atoms with Crippen LogP contribution in [0.2, 0.25) is 0 Å². The van der Waals surface area contributed by atoms with Gasteiger partial charge in [0, 0.05) is 11.6 Å². The summed E-state index contributed by atoms with van der Waals surface area (Å²) in [4.78, 5) is 12.2. The first-order valence-electron chi connectivity index (χ1n) is 6.77. The quantitative estimate of drug-likeness (QED) is 0.859. The summed E-state index contributed by atoms with van der Waals surface area (Å²) >= 11 is 0. The zero-order chi connectivity index (χ0) is 12.5. The van der Waals surface area contributed by atoms with Crippen LogP contribution in [0.15, 0.2) is 24.3 Å². The zero-order valence-corrected chi connectivity index (χ0v) is 10.4. The van der Waals surface area contributed by atoms with E-state index in [1.165, 1.54) is 19.3 Å². The molecule has 96 valence electrons. The lowest BCUT2D eigenvalue weighted by Crippen LogP contribution is -2.27. The van der Waals surface area contributed by atoms with Crippen LogP contribution in [0.5, 0.6) is 0 Å². The number of anilines is 1. The lowest BCUT2D eigenvalue weighted by Gasteiger charge is -2.20. The van der Waals surface area contributed by atoms with Crippen LogP contribution < -0.4 is 5.32 Å². The lowest BCUT2D eigenvalue weighted by molar-refractivity contribution is -0.121. The molecule has 0 saturated heterocycles. The molecule has 2 bridgehead atoms. The summed E-state index contributed by atoms with van der Waals surface area (Å²) in [5, 5.41) is 12.1. The monoisotopic (exact) mass is 245 g/mol. The van der Waals surface area contributed by atoms with E-state index in [0.717, 1.165) is 23.6 Å². The molecule has 0 aliphatic heterocycles. The molecule has 2 aliphatic rings. The Hall–Kier alpha value is -1.35. The predicted molar refractivity (Wildman–Crippen MR) is 69.9 cm³/mol. The molecule has 3 nitrogen and oxygen atoms in total. The van der Waals surface area contributed by atoms with Crippen molar-refractivity contribution in [3.63, 3.8) is 0 Å². The standard InChI is InChI=1S/C15H19NO2/c17-9-11-2-1-3-13(7-11)16-15(18)14-8-10-4-5-12(14)6-10/h1-3,7,10,12,14,17H,4-6,8-9H2,(H,16,18). The van der Waals surface area contributed by atoms with Gasteiger partial charge in [-0.1, -0.05) is 18.6 Å². The molecule has 1 aromatic rings. The van der Waals surface area contributed by atoms with Gasteiger partial charge in [-0.3, -0.25) is 4.79 Å². The molecule has 2 N–H and O–H groups in total. The summed E-state index contributed by atoms with van der Waals surface area (Å²) < 4.78 is 0. The van der Waals surface area contributed by atoms with Gasteiger partial charge in [0.25, 0.3) is 0 Å². The fourth-order valence-corrected chi connectivity index (χ4v) is 3.55. The number of hydrogen-bond acceptors (Lipinski definition) is 2. The van der Waals surface area contributed by atoms with Gasteiger partial charge < -0.3 is 10.4 Å². The van der Waals surface area contributed by atoms with E-state index >= 15 is 0 Å². The van der Waals surface area contributed by atoms with Crippen LogP contribution >= 0.6 is 0 Å². The van der Waals surface area contributed by atoms with Crippen molar-refractivity contribution in [2.45, 2.75) is 32.3 Å². The van der Waals surface area contributed by atoms with Gasteiger partial charge in [-0.2, -0.15) is 0 Å². The minimum atomic E-state index is 0.0117. The van der Waals surface area contributed by atoms with Gasteiger partial charge in [0.05, 0.1) is 6.61 Å². The Labute approximate surface area is 107 Å². The molecule has 2 aliphatic carbocycles. The number of fused-ring (bicyclic) bond motifs is 2. The highest BCUT2D eigenvalue weighted by Crippen LogP contribution is 2.48. The van der Waals surface area contributed by atoms with Crippen molar-refractivity contribution in [2.24, 2.45) is 17.8 Å². The number of carbonyl (C=O) groups is 1. The summed E-state index contributed by atoms with van der Waals surface area (Å²) in [5.74, 6) is 1.77. The van der Waals surface area contributed by atoms with Gasteiger partial charge in [0.15, 0.2) is 0 Å². The summed E-state index contributed by atoms with van der Waals surface area (Å²) in [5.41, 5.74) is 1.63. The van der Waals surface area contributed by atoms with Crippen molar-refractivity contribution >= 4 is 11.6 Å². The average Bonchev–Trinajstić information content (AvgIpc) is 3.01. The Morgan fingerprint density at radius 2 is 2.22 bits per heavy atom. The van der Waals surface area contributed by atoms with E-state index in [0.29, 0.717) is 5.92 Å². The Morgan fingerprint density at radius 1 is 1.33 bits per heavy atom. The van der Waals surface area contributed by atoms with Crippen molar-refractivity contribution < 1.29 is 9.90 Å². The Bertz CT molecular complexity index is 458. The molecular weight excluding hydrogens is 226 g/mol. The second-order valence-corrected chi connectivity index (χ2v) is 5.63. The number of amides is 1. The van der Waals surface area contributed by atoms with Crippen LogP contribution in [0.3, 0.4) is 0 Å². The number of rotatable bonds is 3. The summed E-state index contributed by atoms with van der Waals surface area (Å²) in [6.07, 6.45) is 4.85. The molecule has 3 atom stereocenters. The van der Waals surface area contributed by atoms with Gasteiger partial charge in [-0.25, -0.2) is 0 Å². The molecular formula is C15H19NO2. The summed E-state index contributed by atoms with van der Waals surface area (Å²) in [7, 11) is 0. The average molecular weight is 245 g/mol. The van der Waals surface area contributed by atoms with Crippen molar-refractivity contribution in [3.8, 4) is 0 Å². The number of benzene rings is 1. The molecule has 3 heteroatoms. The van der Waals surface area contributed by atoms with Crippen molar-refractivity contribution in [2.75, 3.05) is 5.32 Å². The summed E-state index contributed by atoms with van der Waals surface area (Å²) in [6.45, 7) is 0.0117. The van der Waals surface area contributed by atoms with Crippen molar-refractivity contribution in [1.29, 1.82) is 0 Å². The van der Waals surface area contributed by atoms with Crippen molar-refractivity contribution in [1.82, 2.24) is 0 Å². The number of nitrogens with one attached hydrogen (secondary N) is 1. The van der Waals surface area contributed by atoms with Gasteiger partial charge >= 0.3 is 0 Å². The van der Waals surface area contributed by atoms with Crippen LogP contribution in [0, 0.1) is 17.8 Å². The molecule has 0 radical (unpaired) electrons. The molecule has 0 aromatic heterocycles. The molecule has 3 unspecified atom stereocenters. The largest absolute Gasteiger partial charge is 0.392 e. The molecule has 1 amide bonds. The normalized spacial score (nSPS) is 29.5. The van der Waals surface area contributed by atoms with E-state index in [1.807, 2.05) is 24.3 Å². The highest BCUT2D eigenvalue weighted by molar-refractivity contribution is 5.93. The molecule has 3 rings (SSSR count). The third-order valence-electron chi connectivity index (χ3n) is 4.45. The number of hydrogen-bond donors (Lipinski definition) is 2. The molecule has 1 aromatic carbocycles. The summed E-state index contributed by atoms with van der Waals surface area (Å²) in [6, 6.07) is 7.44. The van der Waals surface area contributed by atoms with E-state index in [-0.39, 0.29) is 18.4 Å². The smallest absolute Gasteiger partial charge is 0.227 e. The first-order valence-corrected chi connectivity index (χ1v) is 6.77. The molecule has 18 heavy (non-hydrogen) atoms. The van der Waals surface area contributed by atoms with Crippen LogP contribution in [-0.4, -0.2) is 11.0 Å². The van der Waals surface area contributed by atoms with Gasteiger partial charge in [0.2, 0.25) is 5.91 Å². The van der Waals surface area contributed by atoms with E-state index in [4.69, 9.17) is 5.11 Å². The molecule has 2 saturated carbocycles. The zero-order valence-electron chi connectivity index (χ0n) is 10.4. The van der Waals surface area contributed by atoms with Crippen LogP contribution in [-0.2, 0) is 11.4 Å². The van der Waals surface area contributed by atoms with E-state index in [9.17, 15) is 4.79 Å². The van der Waals surface area contributed by atoms with Crippen LogP contribution in [0.1, 0.15) is 31.2 Å². The highest BCUT2D eigenvalue weighted by Gasteiger charge is 2.42. The SMILES string of the molecule is O=C(Nc1cccc(CO)c1)C1CC2CCC1C2. The topological polar surface area (TPSA) is 49.3 Å². The molecule has 0 spiro atoms. The number of carbonyl (C=O) groups excluding carboxylic acids is 1. The minimum Gasteiger partial charge on any atom is -0.392 e. The fraction of sp³-hybridized carbons (Fsp3) is 0.533. The highest BCUT2D eigenvalue weighted by atomic mass is 16.3. The van der Waals surface area contributed by atoms with Crippen LogP contribution in [0.4, 0.5) is 5.69 Å². The lowest BCUT2D eigenvalue weighted by atomic mass is 9.88. The van der Waals surface area contributed by atoms with Crippen molar-refractivity contribution in [3.05, 3.63) is 29.8 Å².